The van der Waals surface area contributed by atoms with Crippen LogP contribution in [0.25, 0.3) is 0 Å². The first kappa shape index (κ1) is 24.0. The van der Waals surface area contributed by atoms with Crippen LogP contribution in [0.2, 0.25) is 0 Å². The Hall–Kier alpha value is -3.23. The van der Waals surface area contributed by atoms with Gasteiger partial charge in [0.05, 0.1) is 5.56 Å². The van der Waals surface area contributed by atoms with Crippen LogP contribution >= 0.6 is 0 Å². The Morgan fingerprint density at radius 3 is 2.10 bits per heavy atom. The summed E-state index contributed by atoms with van der Waals surface area (Å²) in [5.41, 5.74) is 5.59. The van der Waals surface area contributed by atoms with Gasteiger partial charge in [0, 0.05) is 17.4 Å². The van der Waals surface area contributed by atoms with E-state index in [4.69, 9.17) is 10.8 Å². The fraction of sp³-hybridized carbons (Fsp3) is 0.318. The molecule has 1 fully saturated rings. The Kier molecular flexibility index (Phi) is 6.88. The maximum Gasteiger partial charge on any atom is 0.416 e. The van der Waals surface area contributed by atoms with Gasteiger partial charge < -0.3 is 10.8 Å². The molecular formula is C22H21F4NO4. The van der Waals surface area contributed by atoms with Crippen molar-refractivity contribution in [3.8, 4) is 0 Å². The molecule has 166 valence electrons. The number of ketones is 1. The lowest BCUT2D eigenvalue weighted by Gasteiger charge is -2.17. The molecule has 1 amide bonds. The van der Waals surface area contributed by atoms with Crippen molar-refractivity contribution in [2.75, 3.05) is 0 Å². The number of halogens is 4. The monoisotopic (exact) mass is 439 g/mol. The molecule has 0 spiro atoms. The number of primary amides is 1. The number of carboxylic acid groups (broad SMARTS) is 1. The first-order valence-electron chi connectivity index (χ1n) is 9.27. The second-order valence-corrected chi connectivity index (χ2v) is 7.54. The average Bonchev–Trinajstić information content (AvgIpc) is 3.44. The summed E-state index contributed by atoms with van der Waals surface area (Å²) in [6, 6.07) is 7.42. The van der Waals surface area contributed by atoms with Crippen LogP contribution in [0.3, 0.4) is 0 Å². The lowest BCUT2D eigenvalue weighted by Crippen LogP contribution is -2.22. The van der Waals surface area contributed by atoms with Gasteiger partial charge >= 0.3 is 12.1 Å². The number of Topliss-reactive ketones (excluding diaryl/α,β-unsaturated/α-hetero) is 1. The molecule has 9 heteroatoms. The van der Waals surface area contributed by atoms with Crippen molar-refractivity contribution in [3.05, 3.63) is 70.0 Å². The smallest absolute Gasteiger partial charge is 0.416 e. The van der Waals surface area contributed by atoms with Crippen molar-refractivity contribution >= 4 is 17.7 Å². The Balaban J connectivity index is 0.000000262. The molecular weight excluding hydrogens is 418 g/mol. The highest BCUT2D eigenvalue weighted by atomic mass is 19.4. The number of hydrogen-bond acceptors (Lipinski definition) is 3. The Labute approximate surface area is 175 Å². The van der Waals surface area contributed by atoms with Crippen LogP contribution in [0, 0.1) is 19.7 Å². The van der Waals surface area contributed by atoms with Gasteiger partial charge in [-0.2, -0.15) is 13.2 Å². The van der Waals surface area contributed by atoms with Gasteiger partial charge in [-0.3, -0.25) is 9.59 Å². The molecule has 1 saturated carbocycles. The molecule has 0 atom stereocenters. The number of alkyl halides is 3. The maximum absolute atomic E-state index is 13.7. The second kappa shape index (κ2) is 8.87. The van der Waals surface area contributed by atoms with E-state index in [-0.39, 0.29) is 11.5 Å². The average molecular weight is 439 g/mol. The summed E-state index contributed by atoms with van der Waals surface area (Å²) in [4.78, 5) is 32.4. The molecule has 0 aliphatic heterocycles. The lowest BCUT2D eigenvalue weighted by atomic mass is 9.89. The predicted molar refractivity (Wildman–Crippen MR) is 104 cm³/mol. The topological polar surface area (TPSA) is 97.5 Å². The molecule has 3 N–H and O–H groups in total. The van der Waals surface area contributed by atoms with Gasteiger partial charge in [-0.05, 0) is 73.7 Å². The van der Waals surface area contributed by atoms with E-state index >= 15 is 0 Å². The van der Waals surface area contributed by atoms with Crippen LogP contribution < -0.4 is 5.73 Å². The maximum atomic E-state index is 13.7. The predicted octanol–water partition coefficient (Wildman–Crippen LogP) is 4.32. The number of amides is 1. The van der Waals surface area contributed by atoms with E-state index in [0.717, 1.165) is 5.56 Å². The van der Waals surface area contributed by atoms with E-state index in [1.165, 1.54) is 5.56 Å². The summed E-state index contributed by atoms with van der Waals surface area (Å²) in [7, 11) is 0. The third kappa shape index (κ3) is 5.90. The van der Waals surface area contributed by atoms with Gasteiger partial charge in [0.15, 0.2) is 0 Å². The minimum absolute atomic E-state index is 0.234. The third-order valence-electron chi connectivity index (χ3n) is 5.25. The number of hydrogen-bond donors (Lipinski definition) is 2. The van der Waals surface area contributed by atoms with Gasteiger partial charge in [0.25, 0.3) is 0 Å². The fourth-order valence-corrected chi connectivity index (χ4v) is 3.08. The zero-order valence-corrected chi connectivity index (χ0v) is 16.8. The molecule has 0 unspecified atom stereocenters. The van der Waals surface area contributed by atoms with Crippen molar-refractivity contribution in [2.24, 2.45) is 5.73 Å². The first-order chi connectivity index (χ1) is 14.3. The largest absolute Gasteiger partial charge is 0.476 e. The summed E-state index contributed by atoms with van der Waals surface area (Å²) in [5.74, 6) is -4.01. The summed E-state index contributed by atoms with van der Waals surface area (Å²) in [5, 5.41) is 8.55. The zero-order valence-electron chi connectivity index (χ0n) is 16.8. The van der Waals surface area contributed by atoms with E-state index in [2.05, 4.69) is 0 Å². The van der Waals surface area contributed by atoms with Crippen LogP contribution in [0.15, 0.2) is 36.4 Å². The standard InChI is InChI=1S/C13H10F4O3.C9H11NO/c14-9-2-1-7(13(15,16)17)5-8(9)12(3-4-12)6-10(18)11(19)20;1-6-3-4-8(9(10)11)5-7(6)2/h1-2,5H,3-4,6H2,(H,19,20);3-5H,1-2H3,(H2,10,11). The van der Waals surface area contributed by atoms with Gasteiger partial charge in [0.1, 0.15) is 5.82 Å². The van der Waals surface area contributed by atoms with E-state index in [1.807, 2.05) is 19.9 Å². The van der Waals surface area contributed by atoms with E-state index < -0.39 is 41.1 Å². The molecule has 5 nitrogen and oxygen atoms in total. The highest BCUT2D eigenvalue weighted by Crippen LogP contribution is 2.52. The van der Waals surface area contributed by atoms with Gasteiger partial charge in [-0.25, -0.2) is 9.18 Å². The van der Waals surface area contributed by atoms with Crippen molar-refractivity contribution in [1.82, 2.24) is 0 Å². The molecule has 1 aliphatic rings. The van der Waals surface area contributed by atoms with Crippen molar-refractivity contribution in [3.63, 3.8) is 0 Å². The molecule has 0 saturated heterocycles. The quantitative estimate of drug-likeness (QED) is 0.536. The summed E-state index contributed by atoms with van der Waals surface area (Å²) in [6.45, 7) is 3.96. The number of aryl methyl sites for hydroxylation is 2. The number of benzene rings is 2. The number of carboxylic acids is 1. The van der Waals surface area contributed by atoms with E-state index in [0.29, 0.717) is 36.6 Å². The molecule has 31 heavy (non-hydrogen) atoms. The minimum Gasteiger partial charge on any atom is -0.476 e. The van der Waals surface area contributed by atoms with Crippen molar-refractivity contribution < 1.29 is 37.1 Å². The lowest BCUT2D eigenvalue weighted by molar-refractivity contribution is -0.149. The van der Waals surface area contributed by atoms with Crippen molar-refractivity contribution in [1.29, 1.82) is 0 Å². The van der Waals surface area contributed by atoms with Gasteiger partial charge in [0.2, 0.25) is 11.7 Å². The Morgan fingerprint density at radius 1 is 1.03 bits per heavy atom. The molecule has 3 rings (SSSR count). The Morgan fingerprint density at radius 2 is 1.65 bits per heavy atom. The highest BCUT2D eigenvalue weighted by Gasteiger charge is 2.49. The number of carbonyl (C=O) groups is 3. The van der Waals surface area contributed by atoms with Crippen LogP contribution in [-0.2, 0) is 21.2 Å². The van der Waals surface area contributed by atoms with Crippen LogP contribution in [-0.4, -0.2) is 22.8 Å². The number of rotatable bonds is 5. The molecule has 0 heterocycles. The number of carbonyl (C=O) groups excluding carboxylic acids is 2. The van der Waals surface area contributed by atoms with Gasteiger partial charge in [-0.15, -0.1) is 0 Å². The molecule has 0 radical (unpaired) electrons. The van der Waals surface area contributed by atoms with Crippen LogP contribution in [0.1, 0.15) is 51.9 Å². The van der Waals surface area contributed by atoms with Crippen LogP contribution in [0.4, 0.5) is 17.6 Å². The van der Waals surface area contributed by atoms with Gasteiger partial charge in [-0.1, -0.05) is 6.07 Å². The second-order valence-electron chi connectivity index (χ2n) is 7.54. The van der Waals surface area contributed by atoms with Crippen molar-refractivity contribution in [2.45, 2.75) is 44.7 Å². The summed E-state index contributed by atoms with van der Waals surface area (Å²) in [6.07, 6.45) is -4.51. The highest BCUT2D eigenvalue weighted by molar-refractivity contribution is 6.33. The SMILES string of the molecule is Cc1ccc(C(N)=O)cc1C.O=C(O)C(=O)CC1(c2cc(C(F)(F)F)ccc2F)CC1. The molecule has 2 aromatic rings. The summed E-state index contributed by atoms with van der Waals surface area (Å²) >= 11 is 0. The molecule has 2 aromatic carbocycles. The Bertz CT molecular complexity index is 1030. The first-order valence-corrected chi connectivity index (χ1v) is 9.27. The minimum atomic E-state index is -4.62. The number of nitrogens with two attached hydrogens (primary N) is 1. The molecule has 1 aliphatic carbocycles. The van der Waals surface area contributed by atoms with E-state index in [1.54, 1.807) is 12.1 Å². The fourth-order valence-electron chi connectivity index (χ4n) is 3.08. The normalized spacial score (nSPS) is 14.3. The zero-order chi connectivity index (χ0) is 23.6. The van der Waals surface area contributed by atoms with Crippen LogP contribution in [0.5, 0.6) is 0 Å². The molecule has 0 bridgehead atoms. The number of aliphatic carboxylic acids is 1. The third-order valence-corrected chi connectivity index (χ3v) is 5.25. The van der Waals surface area contributed by atoms with E-state index in [9.17, 15) is 31.9 Å². The molecule has 0 aromatic heterocycles. The summed E-state index contributed by atoms with van der Waals surface area (Å²) < 4.78 is 51.6.